The molecule has 2 aliphatic carbocycles. The van der Waals surface area contributed by atoms with E-state index in [-0.39, 0.29) is 35.3 Å². The predicted molar refractivity (Wildman–Crippen MR) is 203 cm³/mol. The number of nitrogens with zero attached hydrogens (tertiary/aromatic N) is 1. The summed E-state index contributed by atoms with van der Waals surface area (Å²) in [6.45, 7) is 11.2. The largest absolute Gasteiger partial charge is 0.492 e. The number of carboxylic acid groups (broad SMARTS) is 1. The van der Waals surface area contributed by atoms with Crippen molar-refractivity contribution in [2.75, 3.05) is 13.7 Å². The van der Waals surface area contributed by atoms with Crippen molar-refractivity contribution < 1.29 is 38.2 Å². The Balaban J connectivity index is 0.000000231. The number of ether oxygens (including phenoxy) is 2. The van der Waals surface area contributed by atoms with Crippen LogP contribution in [0.3, 0.4) is 0 Å². The molecule has 0 fully saturated rings. The molecule has 53 heavy (non-hydrogen) atoms. The number of aliphatic carboxylic acids is 1. The molecule has 1 N–H and O–H groups in total. The second kappa shape index (κ2) is 17.2. The molecule has 4 atom stereocenters. The molecule has 0 bridgehead atoms. The maximum Gasteiger partial charge on any atom is 0.309 e. The number of aromatic nitrogens is 1. The van der Waals surface area contributed by atoms with Crippen LogP contribution in [0.25, 0.3) is 11.5 Å². The van der Waals surface area contributed by atoms with Crippen LogP contribution in [0.15, 0.2) is 59.0 Å². The van der Waals surface area contributed by atoms with Crippen molar-refractivity contribution in [3.63, 3.8) is 0 Å². The van der Waals surface area contributed by atoms with Gasteiger partial charge in [0.1, 0.15) is 11.5 Å². The van der Waals surface area contributed by atoms with Gasteiger partial charge in [-0.2, -0.15) is 0 Å². The number of fused-ring (bicyclic) bond motifs is 2. The van der Waals surface area contributed by atoms with E-state index in [1.54, 1.807) is 6.92 Å². The third kappa shape index (κ3) is 8.61. The van der Waals surface area contributed by atoms with Gasteiger partial charge >= 0.3 is 11.9 Å². The van der Waals surface area contributed by atoms with E-state index in [9.17, 15) is 24.3 Å². The third-order valence-electron chi connectivity index (χ3n) is 10.9. The Kier molecular flexibility index (Phi) is 12.7. The molecule has 0 radical (unpaired) electrons. The van der Waals surface area contributed by atoms with Crippen LogP contribution in [0.4, 0.5) is 0 Å². The Hall–Kier alpha value is -5.05. The summed E-state index contributed by atoms with van der Waals surface area (Å²) < 4.78 is 16.8. The van der Waals surface area contributed by atoms with Gasteiger partial charge in [-0.05, 0) is 136 Å². The van der Waals surface area contributed by atoms with Crippen LogP contribution in [0.2, 0.25) is 0 Å². The zero-order valence-electron chi connectivity index (χ0n) is 31.9. The lowest BCUT2D eigenvalue weighted by Gasteiger charge is -2.21. The number of oxazole rings is 1. The van der Waals surface area contributed by atoms with E-state index in [0.29, 0.717) is 36.7 Å². The highest BCUT2D eigenvalue weighted by Gasteiger charge is 2.36. The minimum atomic E-state index is -0.780. The summed E-state index contributed by atoms with van der Waals surface area (Å²) in [5, 5.41) is 9.61. The summed E-state index contributed by atoms with van der Waals surface area (Å²) in [4.78, 5) is 52.3. The zero-order chi connectivity index (χ0) is 38.4. The van der Waals surface area contributed by atoms with E-state index >= 15 is 0 Å². The number of carbonyl (C=O) groups excluding carboxylic acids is 3. The fourth-order valence-corrected chi connectivity index (χ4v) is 8.11. The predicted octanol–water partition coefficient (Wildman–Crippen LogP) is 9.04. The minimum absolute atomic E-state index is 0.0659. The molecule has 280 valence electrons. The van der Waals surface area contributed by atoms with Crippen molar-refractivity contribution in [3.05, 3.63) is 105 Å². The van der Waals surface area contributed by atoms with Crippen LogP contribution in [0, 0.1) is 25.7 Å². The van der Waals surface area contributed by atoms with Crippen LogP contribution < -0.4 is 4.74 Å². The number of rotatable bonds is 13. The molecule has 0 aliphatic heterocycles. The highest BCUT2D eigenvalue weighted by atomic mass is 16.5. The number of hydrogen-bond donors (Lipinski definition) is 1. The van der Waals surface area contributed by atoms with Gasteiger partial charge in [-0.1, -0.05) is 38.1 Å². The average molecular weight is 722 g/mol. The molecule has 0 saturated carbocycles. The van der Waals surface area contributed by atoms with Gasteiger partial charge in [-0.3, -0.25) is 19.2 Å². The van der Waals surface area contributed by atoms with Crippen molar-refractivity contribution in [1.82, 2.24) is 4.98 Å². The highest BCUT2D eigenvalue weighted by molar-refractivity contribution is 5.97. The number of benzene rings is 3. The normalized spacial score (nSPS) is 16.8. The average Bonchev–Trinajstić information content (AvgIpc) is 3.85. The number of carboxylic acids is 1. The molecular formula is C44H51NO8. The van der Waals surface area contributed by atoms with E-state index in [1.165, 1.54) is 19.6 Å². The van der Waals surface area contributed by atoms with E-state index in [1.807, 2.05) is 76.2 Å². The van der Waals surface area contributed by atoms with Crippen LogP contribution in [0.1, 0.15) is 125 Å². The summed E-state index contributed by atoms with van der Waals surface area (Å²) in [6.07, 6.45) is 5.39. The molecule has 0 amide bonds. The first kappa shape index (κ1) is 39.2. The van der Waals surface area contributed by atoms with Gasteiger partial charge in [0, 0.05) is 17.5 Å². The standard InChI is InChI=1S/C27H29NO5.C17H22O3/c1-4-20(27(30)31)21-11-10-19-14-25(22(16(2)29)15-23(19)21)32-13-12-24-17(3)33-26(28-24)18-8-6-5-7-9-18;1-5-13(17(19)20-4)14-7-6-12-8-10(2)15(11(3)18)9-16(12)14/h5-9,14-15,20-21H,4,10-13H2,1-3H3,(H,30,31);8-9,13-14H,5-7H2,1-4H3. The van der Waals surface area contributed by atoms with Crippen molar-refractivity contribution in [2.45, 2.75) is 98.3 Å². The van der Waals surface area contributed by atoms with E-state index < -0.39 is 11.9 Å². The SMILES string of the molecule is CCC(C(=O)O)C1CCc2cc(OCCc3nc(-c4ccccc4)oc3C)c(C(C)=O)cc21.CCC(C(=O)OC)C1CCc2cc(C)c(C(C)=O)cc21. The maximum absolute atomic E-state index is 12.4. The lowest BCUT2D eigenvalue weighted by molar-refractivity contribution is -0.146. The molecule has 1 aromatic heterocycles. The smallest absolute Gasteiger partial charge is 0.309 e. The first-order chi connectivity index (χ1) is 25.4. The number of Topliss-reactive ketones (excluding diaryl/α,β-unsaturated/α-hetero) is 2. The second-order valence-electron chi connectivity index (χ2n) is 14.2. The minimum Gasteiger partial charge on any atom is -0.492 e. The summed E-state index contributed by atoms with van der Waals surface area (Å²) in [5.74, 6) is 0.525. The second-order valence-corrected chi connectivity index (χ2v) is 14.2. The van der Waals surface area contributed by atoms with Crippen LogP contribution in [-0.2, 0) is 33.6 Å². The molecule has 4 unspecified atom stereocenters. The molecule has 4 aromatic rings. The van der Waals surface area contributed by atoms with Gasteiger partial charge in [0.25, 0.3) is 0 Å². The van der Waals surface area contributed by atoms with Gasteiger partial charge in [0.2, 0.25) is 5.89 Å². The number of hydrogen-bond acceptors (Lipinski definition) is 8. The Labute approximate surface area is 312 Å². The summed E-state index contributed by atoms with van der Waals surface area (Å²) in [6, 6.07) is 17.6. The lowest BCUT2D eigenvalue weighted by Crippen LogP contribution is -2.22. The van der Waals surface area contributed by atoms with Gasteiger partial charge in [-0.25, -0.2) is 4.98 Å². The fraction of sp³-hybridized carbons (Fsp3) is 0.432. The van der Waals surface area contributed by atoms with E-state index in [2.05, 4.69) is 11.1 Å². The molecule has 2 aliphatic rings. The Morgan fingerprint density at radius 1 is 0.849 bits per heavy atom. The van der Waals surface area contributed by atoms with E-state index in [0.717, 1.165) is 76.9 Å². The molecule has 1 heterocycles. The number of methoxy groups -OCH3 is 1. The number of carbonyl (C=O) groups is 4. The van der Waals surface area contributed by atoms with Crippen molar-refractivity contribution >= 4 is 23.5 Å². The third-order valence-corrected chi connectivity index (χ3v) is 10.9. The number of ketones is 2. The van der Waals surface area contributed by atoms with Crippen molar-refractivity contribution in [3.8, 4) is 17.2 Å². The van der Waals surface area contributed by atoms with Gasteiger partial charge in [0.05, 0.1) is 36.8 Å². The summed E-state index contributed by atoms with van der Waals surface area (Å²) >= 11 is 0. The molecule has 3 aromatic carbocycles. The maximum atomic E-state index is 12.4. The molecule has 0 saturated heterocycles. The van der Waals surface area contributed by atoms with Crippen LogP contribution in [0.5, 0.6) is 5.75 Å². The van der Waals surface area contributed by atoms with Crippen molar-refractivity contribution in [2.24, 2.45) is 11.8 Å². The summed E-state index contributed by atoms with van der Waals surface area (Å²) in [5.41, 5.74) is 8.54. The number of esters is 1. The van der Waals surface area contributed by atoms with E-state index in [4.69, 9.17) is 13.9 Å². The lowest BCUT2D eigenvalue weighted by atomic mass is 9.84. The zero-order valence-corrected chi connectivity index (χ0v) is 31.9. The first-order valence-corrected chi connectivity index (χ1v) is 18.7. The Morgan fingerprint density at radius 3 is 2.00 bits per heavy atom. The summed E-state index contributed by atoms with van der Waals surface area (Å²) in [7, 11) is 1.44. The number of aryl methyl sites for hydroxylation is 4. The fourth-order valence-electron chi connectivity index (χ4n) is 8.11. The monoisotopic (exact) mass is 721 g/mol. The van der Waals surface area contributed by atoms with Gasteiger partial charge < -0.3 is 19.0 Å². The van der Waals surface area contributed by atoms with Crippen molar-refractivity contribution in [1.29, 1.82) is 0 Å². The van der Waals surface area contributed by atoms with Crippen LogP contribution >= 0.6 is 0 Å². The Bertz CT molecular complexity index is 1980. The topological polar surface area (TPSA) is 133 Å². The van der Waals surface area contributed by atoms with Gasteiger partial charge in [-0.15, -0.1) is 0 Å². The Morgan fingerprint density at radius 2 is 1.43 bits per heavy atom. The molecular weight excluding hydrogens is 670 g/mol. The highest BCUT2D eigenvalue weighted by Crippen LogP contribution is 2.43. The van der Waals surface area contributed by atoms with Crippen LogP contribution in [-0.4, -0.2) is 47.3 Å². The molecule has 0 spiro atoms. The van der Waals surface area contributed by atoms with Gasteiger partial charge in [0.15, 0.2) is 11.6 Å². The molecule has 9 nitrogen and oxygen atoms in total. The first-order valence-electron chi connectivity index (χ1n) is 18.7. The molecule has 6 rings (SSSR count). The quantitative estimate of drug-likeness (QED) is 0.106. The molecule has 9 heteroatoms.